The molecule has 21 heavy (non-hydrogen) atoms. The van der Waals surface area contributed by atoms with Crippen LogP contribution in [0.15, 0.2) is 36.9 Å². The molecule has 0 spiro atoms. The van der Waals surface area contributed by atoms with Gasteiger partial charge in [-0.1, -0.05) is 31.7 Å². The lowest BCUT2D eigenvalue weighted by Crippen LogP contribution is -2.25. The molecular weight excluding hydrogens is 270 g/mol. The summed E-state index contributed by atoms with van der Waals surface area (Å²) < 4.78 is 5.43. The third-order valence-corrected chi connectivity index (χ3v) is 3.01. The van der Waals surface area contributed by atoms with Crippen molar-refractivity contribution in [1.82, 2.24) is 5.32 Å². The van der Waals surface area contributed by atoms with Crippen LogP contribution in [-0.2, 0) is 4.79 Å². The summed E-state index contributed by atoms with van der Waals surface area (Å²) >= 11 is 0. The Kier molecular flexibility index (Phi) is 7.01. The minimum absolute atomic E-state index is 0.224. The molecule has 0 aromatic heterocycles. The second-order valence-corrected chi connectivity index (χ2v) is 4.73. The van der Waals surface area contributed by atoms with E-state index in [2.05, 4.69) is 11.9 Å². The molecule has 0 heterocycles. The number of carbonyl (C=O) groups excluding carboxylic acids is 1. The molecule has 0 aliphatic carbocycles. The number of nitrogens with one attached hydrogen (secondary N) is 1. The molecule has 1 amide bonds. The summed E-state index contributed by atoms with van der Waals surface area (Å²) in [6.07, 6.45) is 2.76. The zero-order chi connectivity index (χ0) is 15.7. The maximum absolute atomic E-state index is 12.1. The smallest absolute Gasteiger partial charge is 0.306 e. The zero-order valence-electron chi connectivity index (χ0n) is 12.2. The Hall–Kier alpha value is -2.30. The quantitative estimate of drug-likeness (QED) is 0.541. The first-order valence-electron chi connectivity index (χ1n) is 6.90. The number of aliphatic carboxylic acids is 1. The number of carboxylic acids is 1. The van der Waals surface area contributed by atoms with Gasteiger partial charge in [-0.15, -0.1) is 0 Å². The van der Waals surface area contributed by atoms with Crippen molar-refractivity contribution in [2.24, 2.45) is 5.92 Å². The molecule has 0 saturated heterocycles. The van der Waals surface area contributed by atoms with E-state index in [-0.39, 0.29) is 5.91 Å². The molecule has 1 aromatic rings. The lowest BCUT2D eigenvalue weighted by molar-refractivity contribution is -0.141. The van der Waals surface area contributed by atoms with Gasteiger partial charge in [-0.05, 0) is 25.0 Å². The van der Waals surface area contributed by atoms with Crippen LogP contribution >= 0.6 is 0 Å². The van der Waals surface area contributed by atoms with Gasteiger partial charge in [0.2, 0.25) is 0 Å². The Morgan fingerprint density at radius 2 is 2.14 bits per heavy atom. The van der Waals surface area contributed by atoms with Crippen LogP contribution in [-0.4, -0.2) is 30.1 Å². The van der Waals surface area contributed by atoms with E-state index in [1.165, 1.54) is 0 Å². The molecule has 0 bridgehead atoms. The van der Waals surface area contributed by atoms with Crippen LogP contribution in [0.3, 0.4) is 0 Å². The number of benzene rings is 1. The van der Waals surface area contributed by atoms with E-state index in [9.17, 15) is 9.59 Å². The van der Waals surface area contributed by atoms with Crippen molar-refractivity contribution in [3.05, 3.63) is 42.5 Å². The first-order chi connectivity index (χ1) is 10.1. The molecule has 5 nitrogen and oxygen atoms in total. The minimum Gasteiger partial charge on any atom is -0.489 e. The second-order valence-electron chi connectivity index (χ2n) is 4.73. The number of amides is 1. The fraction of sp³-hybridized carbons (Fsp3) is 0.375. The minimum atomic E-state index is -0.815. The van der Waals surface area contributed by atoms with Crippen LogP contribution in [0.5, 0.6) is 5.75 Å². The first kappa shape index (κ1) is 16.8. The molecule has 0 saturated carbocycles. The third-order valence-electron chi connectivity index (χ3n) is 3.01. The highest BCUT2D eigenvalue weighted by Gasteiger charge is 2.13. The Labute approximate surface area is 124 Å². The summed E-state index contributed by atoms with van der Waals surface area (Å²) in [7, 11) is 0. The molecule has 1 aromatic carbocycles. The summed E-state index contributed by atoms with van der Waals surface area (Å²) in [5.41, 5.74) is 0.464. The van der Waals surface area contributed by atoms with Crippen LogP contribution in [0.25, 0.3) is 0 Å². The van der Waals surface area contributed by atoms with E-state index >= 15 is 0 Å². The van der Waals surface area contributed by atoms with E-state index in [0.717, 1.165) is 0 Å². The van der Waals surface area contributed by atoms with Crippen molar-refractivity contribution in [3.63, 3.8) is 0 Å². The fourth-order valence-corrected chi connectivity index (χ4v) is 1.76. The van der Waals surface area contributed by atoms with Crippen molar-refractivity contribution < 1.29 is 19.4 Å². The highest BCUT2D eigenvalue weighted by atomic mass is 16.5. The van der Waals surface area contributed by atoms with Crippen molar-refractivity contribution >= 4 is 11.9 Å². The molecule has 0 aliphatic heterocycles. The second kappa shape index (κ2) is 8.79. The van der Waals surface area contributed by atoms with E-state index in [1.54, 1.807) is 37.3 Å². The van der Waals surface area contributed by atoms with Crippen LogP contribution in [0.2, 0.25) is 0 Å². The van der Waals surface area contributed by atoms with Gasteiger partial charge in [0.25, 0.3) is 5.91 Å². The molecule has 1 rings (SSSR count). The van der Waals surface area contributed by atoms with Crippen molar-refractivity contribution in [2.75, 3.05) is 13.2 Å². The highest BCUT2D eigenvalue weighted by Crippen LogP contribution is 2.17. The Bertz CT molecular complexity index is 499. The molecule has 1 atom stereocenters. The summed E-state index contributed by atoms with van der Waals surface area (Å²) in [4.78, 5) is 22.8. The van der Waals surface area contributed by atoms with Crippen LogP contribution in [0.4, 0.5) is 0 Å². The van der Waals surface area contributed by atoms with Crippen molar-refractivity contribution in [3.8, 4) is 5.75 Å². The Balaban J connectivity index is 2.48. The van der Waals surface area contributed by atoms with E-state index in [4.69, 9.17) is 9.84 Å². The van der Waals surface area contributed by atoms with Crippen LogP contribution < -0.4 is 10.1 Å². The third kappa shape index (κ3) is 5.69. The predicted octanol–water partition coefficient (Wildman–Crippen LogP) is 2.48. The highest BCUT2D eigenvalue weighted by molar-refractivity contribution is 5.96. The maximum atomic E-state index is 12.1. The zero-order valence-corrected chi connectivity index (χ0v) is 12.2. The standard InChI is InChI=1S/C16H21NO4/c1-3-11-21-14-9-5-4-8-13(14)15(18)17-10-6-7-12(2)16(19)20/h3-5,8-9,12H,1,6-7,10-11H2,2H3,(H,17,18)(H,19,20). The molecule has 0 fully saturated rings. The molecule has 0 aliphatic rings. The van der Waals surface area contributed by atoms with Gasteiger partial charge in [0.15, 0.2) is 0 Å². The van der Waals surface area contributed by atoms with Crippen LogP contribution in [0.1, 0.15) is 30.1 Å². The SMILES string of the molecule is C=CCOc1ccccc1C(=O)NCCCC(C)C(=O)O. The molecule has 0 radical (unpaired) electrons. The number of hydrogen-bond donors (Lipinski definition) is 2. The van der Waals surface area contributed by atoms with Gasteiger partial charge in [-0.3, -0.25) is 9.59 Å². The van der Waals surface area contributed by atoms with Crippen molar-refractivity contribution in [2.45, 2.75) is 19.8 Å². The van der Waals surface area contributed by atoms with E-state index < -0.39 is 11.9 Å². The largest absolute Gasteiger partial charge is 0.489 e. The summed E-state index contributed by atoms with van der Waals surface area (Å²) in [5, 5.41) is 11.5. The van der Waals surface area contributed by atoms with Gasteiger partial charge in [0, 0.05) is 6.54 Å². The Morgan fingerprint density at radius 3 is 2.81 bits per heavy atom. The monoisotopic (exact) mass is 291 g/mol. The van der Waals surface area contributed by atoms with Gasteiger partial charge in [0.05, 0.1) is 11.5 Å². The number of rotatable bonds is 9. The summed E-state index contributed by atoms with van der Waals surface area (Å²) in [6.45, 7) is 5.99. The van der Waals surface area contributed by atoms with Gasteiger partial charge in [-0.2, -0.15) is 0 Å². The number of ether oxygens (including phenoxy) is 1. The fourth-order valence-electron chi connectivity index (χ4n) is 1.76. The van der Waals surface area contributed by atoms with Gasteiger partial charge < -0.3 is 15.2 Å². The molecular formula is C16H21NO4. The lowest BCUT2D eigenvalue weighted by atomic mass is 10.1. The predicted molar refractivity (Wildman–Crippen MR) is 80.5 cm³/mol. The van der Waals surface area contributed by atoms with Crippen LogP contribution in [0, 0.1) is 5.92 Å². The molecule has 1 unspecified atom stereocenters. The number of para-hydroxylation sites is 1. The molecule has 5 heteroatoms. The number of hydrogen-bond acceptors (Lipinski definition) is 3. The van der Waals surface area contributed by atoms with Gasteiger partial charge in [-0.25, -0.2) is 0 Å². The summed E-state index contributed by atoms with van der Waals surface area (Å²) in [5.74, 6) is -0.930. The molecule has 114 valence electrons. The normalized spacial score (nSPS) is 11.5. The summed E-state index contributed by atoms with van der Waals surface area (Å²) in [6, 6.07) is 6.98. The van der Waals surface area contributed by atoms with Crippen molar-refractivity contribution in [1.29, 1.82) is 0 Å². The van der Waals surface area contributed by atoms with E-state index in [1.807, 2.05) is 0 Å². The lowest BCUT2D eigenvalue weighted by Gasteiger charge is -2.11. The number of carboxylic acid groups (broad SMARTS) is 1. The first-order valence-corrected chi connectivity index (χ1v) is 6.90. The number of carbonyl (C=O) groups is 2. The average Bonchev–Trinajstić information content (AvgIpc) is 2.49. The topological polar surface area (TPSA) is 75.6 Å². The maximum Gasteiger partial charge on any atom is 0.306 e. The van der Waals surface area contributed by atoms with Gasteiger partial charge in [0.1, 0.15) is 12.4 Å². The van der Waals surface area contributed by atoms with E-state index in [0.29, 0.717) is 37.3 Å². The molecule has 2 N–H and O–H groups in total. The van der Waals surface area contributed by atoms with Gasteiger partial charge >= 0.3 is 5.97 Å². The average molecular weight is 291 g/mol. The Morgan fingerprint density at radius 1 is 1.43 bits per heavy atom.